The van der Waals surface area contributed by atoms with Gasteiger partial charge in [0.15, 0.2) is 11.6 Å². The summed E-state index contributed by atoms with van der Waals surface area (Å²) in [6, 6.07) is 1.47. The van der Waals surface area contributed by atoms with Gasteiger partial charge in [-0.3, -0.25) is 15.0 Å². The molecule has 1 aliphatic heterocycles. The topological polar surface area (TPSA) is 78.6 Å². The number of nitro groups is 1. The first-order valence-electron chi connectivity index (χ1n) is 6.28. The fraction of sp³-hybridized carbons (Fsp3) is 0.385. The number of piperazine rings is 1. The van der Waals surface area contributed by atoms with Gasteiger partial charge in [-0.15, -0.1) is 6.58 Å². The van der Waals surface area contributed by atoms with Gasteiger partial charge >= 0.3 is 0 Å². The van der Waals surface area contributed by atoms with E-state index in [0.29, 0.717) is 13.1 Å². The zero-order chi connectivity index (χ0) is 14.7. The van der Waals surface area contributed by atoms with E-state index in [-0.39, 0.29) is 11.3 Å². The number of hydrogen-bond donors (Lipinski definition) is 2. The van der Waals surface area contributed by atoms with Gasteiger partial charge in [0.25, 0.3) is 5.69 Å². The van der Waals surface area contributed by atoms with Gasteiger partial charge in [0.1, 0.15) is 0 Å². The summed E-state index contributed by atoms with van der Waals surface area (Å²) in [4.78, 5) is 12.1. The molecular weight excluding hydrogens is 265 g/mol. The molecule has 0 amide bonds. The summed E-state index contributed by atoms with van der Waals surface area (Å²) in [7, 11) is 0. The Kier molecular flexibility index (Phi) is 4.31. The molecule has 2 N–H and O–H groups in total. The third-order valence-electron chi connectivity index (χ3n) is 3.38. The van der Waals surface area contributed by atoms with Crippen molar-refractivity contribution in [2.75, 3.05) is 26.2 Å². The molecule has 108 valence electrons. The van der Waals surface area contributed by atoms with Crippen LogP contribution in [0.25, 0.3) is 0 Å². The van der Waals surface area contributed by atoms with Crippen LogP contribution in [0.5, 0.6) is 5.75 Å². The van der Waals surface area contributed by atoms with Crippen molar-refractivity contribution >= 4 is 5.69 Å². The Bertz CT molecular complexity index is 530. The summed E-state index contributed by atoms with van der Waals surface area (Å²) >= 11 is 0. The molecule has 1 saturated heterocycles. The first kappa shape index (κ1) is 14.4. The van der Waals surface area contributed by atoms with E-state index in [9.17, 15) is 19.6 Å². The summed E-state index contributed by atoms with van der Waals surface area (Å²) in [5.41, 5.74) is -0.203. The van der Waals surface area contributed by atoms with Crippen LogP contribution in [0.15, 0.2) is 24.8 Å². The second-order valence-electron chi connectivity index (χ2n) is 4.59. The normalized spacial score (nSPS) is 17.6. The number of rotatable bonds is 4. The minimum absolute atomic E-state index is 0.175. The zero-order valence-electron chi connectivity index (χ0n) is 10.9. The van der Waals surface area contributed by atoms with E-state index in [0.717, 1.165) is 19.2 Å². The molecular formula is C13H16FN3O3. The number of non-ortho nitro benzene ring substituents is 1. The molecule has 0 radical (unpaired) electrons. The maximum atomic E-state index is 13.6. The van der Waals surface area contributed by atoms with Crippen molar-refractivity contribution in [1.82, 2.24) is 10.2 Å². The summed E-state index contributed by atoms with van der Waals surface area (Å²) in [5, 5.41) is 23.8. The van der Waals surface area contributed by atoms with Crippen molar-refractivity contribution in [3.8, 4) is 5.75 Å². The number of nitrogens with zero attached hydrogens (tertiary/aromatic N) is 2. The van der Waals surface area contributed by atoms with Crippen LogP contribution in [-0.2, 0) is 0 Å². The second-order valence-corrected chi connectivity index (χ2v) is 4.59. The van der Waals surface area contributed by atoms with E-state index < -0.39 is 22.5 Å². The average molecular weight is 281 g/mol. The maximum Gasteiger partial charge on any atom is 0.272 e. The number of phenols is 1. The highest BCUT2D eigenvalue weighted by Crippen LogP contribution is 2.35. The highest BCUT2D eigenvalue weighted by atomic mass is 19.1. The smallest absolute Gasteiger partial charge is 0.272 e. The highest BCUT2D eigenvalue weighted by Gasteiger charge is 2.26. The molecule has 1 atom stereocenters. The maximum absolute atomic E-state index is 13.6. The van der Waals surface area contributed by atoms with E-state index in [1.54, 1.807) is 6.08 Å². The Morgan fingerprint density at radius 2 is 2.15 bits per heavy atom. The molecule has 1 aromatic rings. The lowest BCUT2D eigenvalue weighted by Crippen LogP contribution is -2.44. The molecule has 1 aliphatic rings. The van der Waals surface area contributed by atoms with E-state index >= 15 is 0 Å². The lowest BCUT2D eigenvalue weighted by atomic mass is 10.0. The van der Waals surface area contributed by atoms with Crippen molar-refractivity contribution in [2.24, 2.45) is 0 Å². The second kappa shape index (κ2) is 5.98. The van der Waals surface area contributed by atoms with Crippen molar-refractivity contribution in [3.05, 3.63) is 46.3 Å². The lowest BCUT2D eigenvalue weighted by molar-refractivity contribution is -0.385. The molecule has 20 heavy (non-hydrogen) atoms. The van der Waals surface area contributed by atoms with E-state index in [4.69, 9.17) is 0 Å². The van der Waals surface area contributed by atoms with Crippen molar-refractivity contribution < 1.29 is 14.4 Å². The predicted octanol–water partition coefficient (Wildman–Crippen LogP) is 1.57. The quantitative estimate of drug-likeness (QED) is 0.497. The molecule has 7 heteroatoms. The third-order valence-corrected chi connectivity index (χ3v) is 3.38. The Morgan fingerprint density at radius 3 is 2.70 bits per heavy atom. The molecule has 0 aromatic heterocycles. The molecule has 2 rings (SSSR count). The van der Waals surface area contributed by atoms with E-state index in [1.807, 2.05) is 4.90 Å². The molecule has 0 unspecified atom stereocenters. The van der Waals surface area contributed by atoms with Crippen LogP contribution < -0.4 is 5.32 Å². The summed E-state index contributed by atoms with van der Waals surface area (Å²) < 4.78 is 13.6. The van der Waals surface area contributed by atoms with Gasteiger partial charge in [-0.25, -0.2) is 4.39 Å². The average Bonchev–Trinajstić information content (AvgIpc) is 2.45. The Hall–Kier alpha value is -1.99. The first-order chi connectivity index (χ1) is 9.54. The number of nitrogens with one attached hydrogen (secondary N) is 1. The molecule has 0 spiro atoms. The lowest BCUT2D eigenvalue weighted by Gasteiger charge is -2.33. The van der Waals surface area contributed by atoms with Crippen molar-refractivity contribution in [2.45, 2.75) is 6.04 Å². The van der Waals surface area contributed by atoms with Crippen LogP contribution in [0.2, 0.25) is 0 Å². The van der Waals surface area contributed by atoms with E-state index in [1.165, 1.54) is 6.07 Å². The van der Waals surface area contributed by atoms with Crippen molar-refractivity contribution in [1.29, 1.82) is 0 Å². The molecule has 6 nitrogen and oxygen atoms in total. The predicted molar refractivity (Wildman–Crippen MR) is 72.1 cm³/mol. The summed E-state index contributed by atoms with van der Waals surface area (Å²) in [6.45, 7) is 6.61. The van der Waals surface area contributed by atoms with Crippen LogP contribution >= 0.6 is 0 Å². The first-order valence-corrected chi connectivity index (χ1v) is 6.28. The monoisotopic (exact) mass is 281 g/mol. The summed E-state index contributed by atoms with van der Waals surface area (Å²) in [5.74, 6) is -1.55. The van der Waals surface area contributed by atoms with Gasteiger partial charge in [-0.05, 0) is 0 Å². The zero-order valence-corrected chi connectivity index (χ0v) is 10.9. The summed E-state index contributed by atoms with van der Waals surface area (Å²) in [6.07, 6.45) is 1.56. The fourth-order valence-electron chi connectivity index (χ4n) is 2.37. The standard InChI is InChI=1S/C13H16FN3O3/c1-2-12(16-5-3-15-4-6-16)10-7-9(17(19)20)8-11(14)13(10)18/h2,7-8,12,15,18H,1,3-6H2/t12-/m0/s1. The highest BCUT2D eigenvalue weighted by molar-refractivity contribution is 5.47. The number of benzene rings is 1. The van der Waals surface area contributed by atoms with Crippen LogP contribution in [0, 0.1) is 15.9 Å². The molecule has 0 bridgehead atoms. The number of nitro benzene ring substituents is 1. The van der Waals surface area contributed by atoms with Gasteiger partial charge in [0.05, 0.1) is 17.0 Å². The van der Waals surface area contributed by atoms with Crippen LogP contribution in [-0.4, -0.2) is 41.1 Å². The van der Waals surface area contributed by atoms with Crippen LogP contribution in [0.3, 0.4) is 0 Å². The largest absolute Gasteiger partial charge is 0.505 e. The SMILES string of the molecule is C=C[C@@H](c1cc([N+](=O)[O-])cc(F)c1O)N1CCNCC1. The number of phenolic OH excluding ortho intramolecular Hbond substituents is 1. The van der Waals surface area contributed by atoms with Crippen LogP contribution in [0.1, 0.15) is 11.6 Å². The van der Waals surface area contributed by atoms with Crippen molar-refractivity contribution in [3.63, 3.8) is 0 Å². The minimum Gasteiger partial charge on any atom is -0.505 e. The van der Waals surface area contributed by atoms with Gasteiger partial charge in [-0.2, -0.15) is 0 Å². The van der Waals surface area contributed by atoms with Gasteiger partial charge < -0.3 is 10.4 Å². The molecule has 1 aromatic carbocycles. The molecule has 1 fully saturated rings. The number of halogens is 1. The number of hydrogen-bond acceptors (Lipinski definition) is 5. The molecule has 0 saturated carbocycles. The molecule has 1 heterocycles. The molecule has 0 aliphatic carbocycles. The van der Waals surface area contributed by atoms with Crippen LogP contribution in [0.4, 0.5) is 10.1 Å². The van der Waals surface area contributed by atoms with Gasteiger partial charge in [0.2, 0.25) is 0 Å². The number of aromatic hydroxyl groups is 1. The fourth-order valence-corrected chi connectivity index (χ4v) is 2.37. The Balaban J connectivity index is 2.42. The Labute approximate surface area is 115 Å². The third kappa shape index (κ3) is 2.78. The van der Waals surface area contributed by atoms with E-state index in [2.05, 4.69) is 11.9 Å². The van der Waals surface area contributed by atoms with Gasteiger partial charge in [0, 0.05) is 37.8 Å². The Morgan fingerprint density at radius 1 is 1.50 bits per heavy atom. The minimum atomic E-state index is -0.990. The van der Waals surface area contributed by atoms with Gasteiger partial charge in [-0.1, -0.05) is 6.08 Å².